The minimum atomic E-state index is -4.50. The van der Waals surface area contributed by atoms with Gasteiger partial charge in [0.1, 0.15) is 11.9 Å². The van der Waals surface area contributed by atoms with Gasteiger partial charge in [-0.2, -0.15) is 8.42 Å². The van der Waals surface area contributed by atoms with E-state index >= 15 is 0 Å². The molecule has 24 heavy (non-hydrogen) atoms. The van der Waals surface area contributed by atoms with Crippen molar-refractivity contribution in [2.24, 2.45) is 0 Å². The molecule has 0 bridgehead atoms. The first kappa shape index (κ1) is 19.6. The molecule has 0 aliphatic heterocycles. The van der Waals surface area contributed by atoms with Crippen LogP contribution in [0.1, 0.15) is 24.2 Å². The summed E-state index contributed by atoms with van der Waals surface area (Å²) < 4.78 is 33.8. The van der Waals surface area contributed by atoms with E-state index in [2.05, 4.69) is 4.18 Å². The Morgan fingerprint density at radius 3 is 2.12 bits per heavy atom. The highest BCUT2D eigenvalue weighted by Crippen LogP contribution is 2.26. The molecule has 2 rings (SSSR count). The Hall–Kier alpha value is -2.49. The summed E-state index contributed by atoms with van der Waals surface area (Å²) in [7, 11) is -4.50. The Labute approximate surface area is 140 Å². The average Bonchev–Trinajstić information content (AvgIpc) is 2.44. The van der Waals surface area contributed by atoms with Crippen LogP contribution in [0.15, 0.2) is 36.4 Å². The van der Waals surface area contributed by atoms with Crippen LogP contribution in [0.5, 0.6) is 5.75 Å². The largest absolute Gasteiger partial charge is 0.508 e. The summed E-state index contributed by atoms with van der Waals surface area (Å²) in [6, 6.07) is 9.50. The molecule has 0 aliphatic carbocycles. The molecular weight excluding hydrogens is 334 g/mol. The first-order valence-electron chi connectivity index (χ1n) is 6.85. The van der Waals surface area contributed by atoms with Gasteiger partial charge >= 0.3 is 10.4 Å². The summed E-state index contributed by atoms with van der Waals surface area (Å²) >= 11 is 0. The summed E-state index contributed by atoms with van der Waals surface area (Å²) in [5, 5.41) is 8.88. The third kappa shape index (κ3) is 6.32. The molecule has 0 saturated heterocycles. The van der Waals surface area contributed by atoms with E-state index in [1.165, 1.54) is 19.1 Å². The van der Waals surface area contributed by atoms with Crippen molar-refractivity contribution in [1.29, 1.82) is 0 Å². The van der Waals surface area contributed by atoms with Gasteiger partial charge in [0.25, 0.3) is 0 Å². The van der Waals surface area contributed by atoms with Crippen molar-refractivity contribution in [1.82, 2.24) is 0 Å². The van der Waals surface area contributed by atoms with Crippen LogP contribution in [-0.2, 0) is 14.6 Å². The lowest BCUT2D eigenvalue weighted by Gasteiger charge is -2.13. The number of aromatic hydroxyl groups is 1. The molecule has 0 saturated carbocycles. The van der Waals surface area contributed by atoms with Gasteiger partial charge in [0, 0.05) is 22.6 Å². The molecule has 2 aromatic carbocycles. The van der Waals surface area contributed by atoms with Gasteiger partial charge in [-0.05, 0) is 55.8 Å². The van der Waals surface area contributed by atoms with Gasteiger partial charge in [-0.1, -0.05) is 0 Å². The molecule has 132 valence electrons. The Bertz CT molecular complexity index is 809. The second-order valence-electron chi connectivity index (χ2n) is 5.10. The number of nitrogens with two attached hydrogens (primary N) is 3. The molecule has 0 amide bonds. The third-order valence-electron chi connectivity index (χ3n) is 3.07. The SMILES string of the molecule is CC(OS(=O)(=O)O)c1cc(N)ccc1N.Cc1cc(O)ccc1N. The number of nitrogen functional groups attached to an aromatic ring is 3. The Balaban J connectivity index is 0.000000272. The van der Waals surface area contributed by atoms with Crippen LogP contribution in [-0.4, -0.2) is 18.1 Å². The highest BCUT2D eigenvalue weighted by atomic mass is 32.3. The number of rotatable bonds is 3. The van der Waals surface area contributed by atoms with Crippen molar-refractivity contribution >= 4 is 27.5 Å². The Morgan fingerprint density at radius 1 is 1.04 bits per heavy atom. The maximum Gasteiger partial charge on any atom is 0.397 e. The minimum absolute atomic E-state index is 0.265. The Kier molecular flexibility index (Phi) is 6.41. The fourth-order valence-corrected chi connectivity index (χ4v) is 2.31. The number of hydrogen-bond acceptors (Lipinski definition) is 7. The summed E-state index contributed by atoms with van der Waals surface area (Å²) in [5.74, 6) is 0.265. The van der Waals surface area contributed by atoms with Gasteiger partial charge in [-0.3, -0.25) is 4.55 Å². The molecule has 2 aromatic rings. The van der Waals surface area contributed by atoms with Crippen LogP contribution in [0.2, 0.25) is 0 Å². The number of anilines is 3. The number of aryl methyl sites for hydroxylation is 1. The number of hydrogen-bond donors (Lipinski definition) is 5. The lowest BCUT2D eigenvalue weighted by atomic mass is 10.1. The zero-order chi connectivity index (χ0) is 18.5. The van der Waals surface area contributed by atoms with Crippen LogP contribution in [0.3, 0.4) is 0 Å². The van der Waals surface area contributed by atoms with Crippen molar-refractivity contribution in [3.8, 4) is 5.75 Å². The lowest BCUT2D eigenvalue weighted by Crippen LogP contribution is -2.10. The van der Waals surface area contributed by atoms with Crippen molar-refractivity contribution in [3.63, 3.8) is 0 Å². The second kappa shape index (κ2) is 7.86. The molecule has 0 radical (unpaired) electrons. The Morgan fingerprint density at radius 2 is 1.62 bits per heavy atom. The smallest absolute Gasteiger partial charge is 0.397 e. The van der Waals surface area contributed by atoms with Crippen LogP contribution >= 0.6 is 0 Å². The van der Waals surface area contributed by atoms with Crippen LogP contribution in [0.25, 0.3) is 0 Å². The predicted molar refractivity (Wildman–Crippen MR) is 93.6 cm³/mol. The molecule has 0 fully saturated rings. The van der Waals surface area contributed by atoms with Crippen LogP contribution < -0.4 is 17.2 Å². The molecule has 8 N–H and O–H groups in total. The molecule has 1 atom stereocenters. The zero-order valence-electron chi connectivity index (χ0n) is 13.3. The maximum atomic E-state index is 10.5. The van der Waals surface area contributed by atoms with Gasteiger partial charge in [0.15, 0.2) is 0 Å². The normalized spacial score (nSPS) is 12.1. The van der Waals surface area contributed by atoms with Crippen molar-refractivity contribution < 1.29 is 22.3 Å². The van der Waals surface area contributed by atoms with Crippen molar-refractivity contribution in [2.45, 2.75) is 20.0 Å². The summed E-state index contributed by atoms with van der Waals surface area (Å²) in [6.07, 6.45) is -0.886. The molecule has 0 aromatic heterocycles. The highest BCUT2D eigenvalue weighted by molar-refractivity contribution is 7.80. The fraction of sp³-hybridized carbons (Fsp3) is 0.200. The highest BCUT2D eigenvalue weighted by Gasteiger charge is 2.16. The molecule has 0 heterocycles. The van der Waals surface area contributed by atoms with Gasteiger partial charge in [-0.25, -0.2) is 4.18 Å². The summed E-state index contributed by atoms with van der Waals surface area (Å²) in [4.78, 5) is 0. The van der Waals surface area contributed by atoms with E-state index in [0.717, 1.165) is 5.56 Å². The monoisotopic (exact) mass is 355 g/mol. The van der Waals surface area contributed by atoms with E-state index in [1.807, 2.05) is 6.92 Å². The van der Waals surface area contributed by atoms with E-state index in [-0.39, 0.29) is 5.75 Å². The third-order valence-corrected chi connectivity index (χ3v) is 3.60. The minimum Gasteiger partial charge on any atom is -0.508 e. The fourth-order valence-electron chi connectivity index (χ4n) is 1.84. The number of phenols is 1. The maximum absolute atomic E-state index is 10.5. The second-order valence-corrected chi connectivity index (χ2v) is 6.14. The van der Waals surface area contributed by atoms with Gasteiger partial charge in [0.05, 0.1) is 0 Å². The molecule has 9 heteroatoms. The average molecular weight is 355 g/mol. The van der Waals surface area contributed by atoms with Crippen LogP contribution in [0, 0.1) is 6.92 Å². The van der Waals surface area contributed by atoms with Gasteiger partial charge in [-0.15, -0.1) is 0 Å². The first-order chi connectivity index (χ1) is 11.0. The quantitative estimate of drug-likeness (QED) is 0.317. The molecule has 1 unspecified atom stereocenters. The molecule has 0 spiro atoms. The summed E-state index contributed by atoms with van der Waals surface area (Å²) in [5.41, 5.74) is 19.4. The number of benzene rings is 2. The van der Waals surface area contributed by atoms with E-state index < -0.39 is 16.5 Å². The van der Waals surface area contributed by atoms with Crippen molar-refractivity contribution in [3.05, 3.63) is 47.5 Å². The topological polar surface area (TPSA) is 162 Å². The van der Waals surface area contributed by atoms with Crippen molar-refractivity contribution in [2.75, 3.05) is 17.2 Å². The van der Waals surface area contributed by atoms with Gasteiger partial charge in [0.2, 0.25) is 0 Å². The zero-order valence-corrected chi connectivity index (χ0v) is 14.1. The molecular formula is C15H21N3O5S. The van der Waals surface area contributed by atoms with Crippen LogP contribution in [0.4, 0.5) is 17.1 Å². The molecule has 8 nitrogen and oxygen atoms in total. The lowest BCUT2D eigenvalue weighted by molar-refractivity contribution is 0.201. The first-order valence-corrected chi connectivity index (χ1v) is 8.22. The predicted octanol–water partition coefficient (Wildman–Crippen LogP) is 2.01. The van der Waals surface area contributed by atoms with Gasteiger partial charge < -0.3 is 22.3 Å². The molecule has 0 aliphatic rings. The van der Waals surface area contributed by atoms with E-state index in [0.29, 0.717) is 22.6 Å². The summed E-state index contributed by atoms with van der Waals surface area (Å²) in [6.45, 7) is 3.30. The standard InChI is InChI=1S/C8H12N2O4S.C7H9NO/c1-5(14-15(11,12)13)7-4-6(9)2-3-8(7)10;1-5-4-6(9)2-3-7(5)8/h2-5H,9-10H2,1H3,(H,11,12,13);2-4,9H,8H2,1H3. The van der Waals surface area contributed by atoms with E-state index in [4.69, 9.17) is 26.9 Å². The van der Waals surface area contributed by atoms with E-state index in [9.17, 15) is 8.42 Å². The van der Waals surface area contributed by atoms with E-state index in [1.54, 1.807) is 24.3 Å². The number of phenolic OH excluding ortho intramolecular Hbond substituents is 1.